The highest BCUT2D eigenvalue weighted by atomic mass is 16.5. The van der Waals surface area contributed by atoms with Gasteiger partial charge in [-0.15, -0.1) is 0 Å². The van der Waals surface area contributed by atoms with Gasteiger partial charge >= 0.3 is 0 Å². The van der Waals surface area contributed by atoms with Crippen LogP contribution >= 0.6 is 0 Å². The molecule has 0 bridgehead atoms. The van der Waals surface area contributed by atoms with Gasteiger partial charge in [0.05, 0.1) is 6.10 Å². The summed E-state index contributed by atoms with van der Waals surface area (Å²) in [5, 5.41) is 13.9. The average Bonchev–Trinajstić information content (AvgIpc) is 3.26. The zero-order valence-corrected chi connectivity index (χ0v) is 12.4. The van der Waals surface area contributed by atoms with E-state index < -0.39 is 6.10 Å². The maximum Gasteiger partial charge on any atom is 0.119 e. The molecule has 2 rings (SSSR count). The maximum atomic E-state index is 10.4. The molecule has 20 heavy (non-hydrogen) atoms. The van der Waals surface area contributed by atoms with E-state index in [1.807, 2.05) is 31.2 Å². The Morgan fingerprint density at radius 2 is 2.05 bits per heavy atom. The fourth-order valence-corrected chi connectivity index (χ4v) is 2.19. The van der Waals surface area contributed by atoms with Gasteiger partial charge in [0.25, 0.3) is 0 Å². The van der Waals surface area contributed by atoms with Gasteiger partial charge in [0.1, 0.15) is 12.4 Å². The zero-order chi connectivity index (χ0) is 14.5. The van der Waals surface area contributed by atoms with Crippen molar-refractivity contribution < 1.29 is 9.84 Å². The molecule has 0 saturated heterocycles. The van der Waals surface area contributed by atoms with Gasteiger partial charge in [-0.2, -0.15) is 0 Å². The minimum Gasteiger partial charge on any atom is -0.489 e. The number of rotatable bonds is 8. The van der Waals surface area contributed by atoms with Crippen LogP contribution in [0.3, 0.4) is 0 Å². The summed E-state index contributed by atoms with van der Waals surface area (Å²) in [4.78, 5) is 0. The highest BCUT2D eigenvalue weighted by molar-refractivity contribution is 5.29. The van der Waals surface area contributed by atoms with Crippen LogP contribution < -0.4 is 10.1 Å². The Hall–Kier alpha value is -1.32. The van der Waals surface area contributed by atoms with Gasteiger partial charge in [0.15, 0.2) is 0 Å². The van der Waals surface area contributed by atoms with Crippen molar-refractivity contribution in [3.63, 3.8) is 0 Å². The Morgan fingerprint density at radius 1 is 1.40 bits per heavy atom. The summed E-state index contributed by atoms with van der Waals surface area (Å²) in [6.07, 6.45) is 2.93. The number of aliphatic hydroxyl groups excluding tert-OH is 1. The molecule has 2 N–H and O–H groups in total. The van der Waals surface area contributed by atoms with Crippen LogP contribution in [0.4, 0.5) is 0 Å². The number of nitrogens with one attached hydrogen (secondary N) is 1. The summed E-state index contributed by atoms with van der Waals surface area (Å²) >= 11 is 0. The largest absolute Gasteiger partial charge is 0.489 e. The molecule has 2 atom stereocenters. The Labute approximate surface area is 121 Å². The number of hydrogen-bond donors (Lipinski definition) is 2. The molecular formula is C17H25NO2. The highest BCUT2D eigenvalue weighted by Crippen LogP contribution is 2.26. The minimum atomic E-state index is -0.462. The molecular weight excluding hydrogens is 250 g/mol. The first-order valence-corrected chi connectivity index (χ1v) is 7.41. The van der Waals surface area contributed by atoms with Crippen LogP contribution in [0, 0.1) is 0 Å². The van der Waals surface area contributed by atoms with Crippen molar-refractivity contribution in [3.05, 3.63) is 42.0 Å². The second kappa shape index (κ2) is 6.91. The summed E-state index contributed by atoms with van der Waals surface area (Å²) in [6, 6.07) is 8.43. The highest BCUT2D eigenvalue weighted by Gasteiger charge is 2.27. The molecule has 1 saturated carbocycles. The summed E-state index contributed by atoms with van der Waals surface area (Å²) in [6.45, 7) is 8.38. The van der Waals surface area contributed by atoms with Crippen molar-refractivity contribution in [2.75, 3.05) is 6.61 Å². The monoisotopic (exact) mass is 275 g/mol. The lowest BCUT2D eigenvalue weighted by atomic mass is 10.00. The first kappa shape index (κ1) is 15.1. The third-order valence-electron chi connectivity index (χ3n) is 3.55. The quantitative estimate of drug-likeness (QED) is 0.716. The Morgan fingerprint density at radius 3 is 2.55 bits per heavy atom. The third-order valence-corrected chi connectivity index (χ3v) is 3.55. The molecule has 1 aliphatic rings. The number of hydrogen-bond acceptors (Lipinski definition) is 3. The molecule has 0 aliphatic heterocycles. The summed E-state index contributed by atoms with van der Waals surface area (Å²) < 4.78 is 5.57. The van der Waals surface area contributed by atoms with E-state index >= 15 is 0 Å². The fourth-order valence-electron chi connectivity index (χ4n) is 2.19. The zero-order valence-electron chi connectivity index (χ0n) is 12.4. The van der Waals surface area contributed by atoms with Gasteiger partial charge in [-0.1, -0.05) is 25.6 Å². The average molecular weight is 275 g/mol. The van der Waals surface area contributed by atoms with Crippen molar-refractivity contribution in [1.29, 1.82) is 0 Å². The van der Waals surface area contributed by atoms with E-state index in [0.29, 0.717) is 12.6 Å². The van der Waals surface area contributed by atoms with Gasteiger partial charge in [-0.05, 0) is 49.5 Å². The molecule has 3 nitrogen and oxygen atoms in total. The SMILES string of the molecule is C=C(C)COc1ccc(C(O)C(CC)NC2CC2)cc1. The molecule has 0 spiro atoms. The standard InChI is InChI=1S/C17H25NO2/c1-4-16(18-14-7-8-14)17(19)13-5-9-15(10-6-13)20-11-12(2)3/h5-6,9-10,14,16-19H,2,4,7-8,11H2,1,3H3. The molecule has 2 unspecified atom stereocenters. The smallest absolute Gasteiger partial charge is 0.119 e. The van der Waals surface area contributed by atoms with Crippen molar-refractivity contribution >= 4 is 0 Å². The minimum absolute atomic E-state index is 0.129. The molecule has 0 aromatic heterocycles. The van der Waals surface area contributed by atoms with Crippen LogP contribution in [0.15, 0.2) is 36.4 Å². The van der Waals surface area contributed by atoms with E-state index in [-0.39, 0.29) is 6.04 Å². The third kappa shape index (κ3) is 4.36. The Kier molecular flexibility index (Phi) is 5.21. The molecule has 110 valence electrons. The molecule has 1 aromatic carbocycles. The summed E-state index contributed by atoms with van der Waals surface area (Å²) in [5.74, 6) is 0.812. The lowest BCUT2D eigenvalue weighted by Gasteiger charge is -2.23. The first-order chi connectivity index (χ1) is 9.60. The van der Waals surface area contributed by atoms with E-state index in [0.717, 1.165) is 23.3 Å². The van der Waals surface area contributed by atoms with E-state index in [1.165, 1.54) is 12.8 Å². The Balaban J connectivity index is 1.94. The van der Waals surface area contributed by atoms with Crippen LogP contribution in [0.1, 0.15) is 44.8 Å². The maximum absolute atomic E-state index is 10.4. The van der Waals surface area contributed by atoms with Crippen molar-refractivity contribution in [2.24, 2.45) is 0 Å². The van der Waals surface area contributed by atoms with E-state index in [2.05, 4.69) is 18.8 Å². The van der Waals surface area contributed by atoms with Gasteiger partial charge in [0.2, 0.25) is 0 Å². The number of benzene rings is 1. The molecule has 0 radical (unpaired) electrons. The van der Waals surface area contributed by atoms with Crippen LogP contribution in [-0.4, -0.2) is 23.8 Å². The van der Waals surface area contributed by atoms with Crippen LogP contribution in [-0.2, 0) is 0 Å². The van der Waals surface area contributed by atoms with Gasteiger partial charge in [-0.3, -0.25) is 0 Å². The first-order valence-electron chi connectivity index (χ1n) is 7.41. The normalized spacial score (nSPS) is 17.6. The van der Waals surface area contributed by atoms with E-state index in [4.69, 9.17) is 4.74 Å². The Bertz CT molecular complexity index is 437. The summed E-state index contributed by atoms with van der Waals surface area (Å²) in [5.41, 5.74) is 1.93. The predicted octanol–water partition coefficient (Wildman–Crippen LogP) is 3.21. The molecule has 1 aromatic rings. The van der Waals surface area contributed by atoms with Gasteiger partial charge in [-0.25, -0.2) is 0 Å². The van der Waals surface area contributed by atoms with Gasteiger partial charge in [0, 0.05) is 12.1 Å². The molecule has 1 fully saturated rings. The second-order valence-corrected chi connectivity index (χ2v) is 5.72. The van der Waals surface area contributed by atoms with Crippen molar-refractivity contribution in [3.8, 4) is 5.75 Å². The molecule has 1 aliphatic carbocycles. The molecule has 0 amide bonds. The lowest BCUT2D eigenvalue weighted by molar-refractivity contribution is 0.125. The lowest BCUT2D eigenvalue weighted by Crippen LogP contribution is -2.35. The summed E-state index contributed by atoms with van der Waals surface area (Å²) in [7, 11) is 0. The van der Waals surface area contributed by atoms with Crippen LogP contribution in [0.2, 0.25) is 0 Å². The number of ether oxygens (including phenoxy) is 1. The molecule has 3 heteroatoms. The van der Waals surface area contributed by atoms with Crippen molar-refractivity contribution in [1.82, 2.24) is 5.32 Å². The van der Waals surface area contributed by atoms with Crippen molar-refractivity contribution in [2.45, 2.75) is 51.3 Å². The second-order valence-electron chi connectivity index (χ2n) is 5.72. The van der Waals surface area contributed by atoms with Gasteiger partial charge < -0.3 is 15.2 Å². The van der Waals surface area contributed by atoms with E-state index in [9.17, 15) is 5.11 Å². The molecule has 0 heterocycles. The topological polar surface area (TPSA) is 41.5 Å². The fraction of sp³-hybridized carbons (Fsp3) is 0.529. The number of aliphatic hydroxyl groups is 1. The van der Waals surface area contributed by atoms with E-state index in [1.54, 1.807) is 0 Å². The van der Waals surface area contributed by atoms with Crippen LogP contribution in [0.5, 0.6) is 5.75 Å². The predicted molar refractivity (Wildman–Crippen MR) is 81.9 cm³/mol. The van der Waals surface area contributed by atoms with Crippen LogP contribution in [0.25, 0.3) is 0 Å².